The van der Waals surface area contributed by atoms with Crippen molar-refractivity contribution >= 4 is 16.8 Å². The molecule has 0 aliphatic rings. The number of benzene rings is 2. The monoisotopic (exact) mass is 337 g/mol. The first-order chi connectivity index (χ1) is 11.6. The highest BCUT2D eigenvalue weighted by Gasteiger charge is 2.22. The third-order valence-electron chi connectivity index (χ3n) is 4.16. The van der Waals surface area contributed by atoms with Crippen molar-refractivity contribution in [3.8, 4) is 11.4 Å². The van der Waals surface area contributed by atoms with Crippen LogP contribution in [0.15, 0.2) is 30.3 Å². The molecule has 5 heteroatoms. The highest BCUT2D eigenvalue weighted by Crippen LogP contribution is 2.36. The second kappa shape index (κ2) is 5.99. The van der Waals surface area contributed by atoms with Crippen LogP contribution in [0, 0.1) is 6.92 Å². The number of phenols is 1. The van der Waals surface area contributed by atoms with Crippen LogP contribution < -0.4 is 0 Å². The molecule has 1 aromatic heterocycles. The fourth-order valence-corrected chi connectivity index (χ4v) is 2.95. The van der Waals surface area contributed by atoms with Crippen LogP contribution in [0.25, 0.3) is 16.7 Å². The molecule has 0 unspecified atom stereocenters. The van der Waals surface area contributed by atoms with Crippen molar-refractivity contribution in [2.24, 2.45) is 0 Å². The number of aromatic nitrogens is 3. The van der Waals surface area contributed by atoms with Gasteiger partial charge < -0.3 is 5.11 Å². The van der Waals surface area contributed by atoms with E-state index in [-0.39, 0.29) is 16.9 Å². The van der Waals surface area contributed by atoms with Crippen molar-refractivity contribution in [1.29, 1.82) is 0 Å². The zero-order valence-corrected chi connectivity index (χ0v) is 15.3. The van der Waals surface area contributed by atoms with Crippen LogP contribution in [0.4, 0.5) is 0 Å². The fourth-order valence-electron chi connectivity index (χ4n) is 2.95. The van der Waals surface area contributed by atoms with Gasteiger partial charge in [-0.05, 0) is 48.6 Å². The van der Waals surface area contributed by atoms with Gasteiger partial charge in [-0.15, -0.1) is 15.0 Å². The summed E-state index contributed by atoms with van der Waals surface area (Å²) in [5.41, 5.74) is 4.62. The van der Waals surface area contributed by atoms with Crippen LogP contribution in [0.3, 0.4) is 0 Å². The summed E-state index contributed by atoms with van der Waals surface area (Å²) in [7, 11) is 0. The molecule has 0 fully saturated rings. The minimum atomic E-state index is -0.188. The predicted molar refractivity (Wildman–Crippen MR) is 98.4 cm³/mol. The van der Waals surface area contributed by atoms with E-state index in [0.29, 0.717) is 17.6 Å². The van der Waals surface area contributed by atoms with E-state index in [0.717, 1.165) is 22.2 Å². The molecule has 0 radical (unpaired) electrons. The number of carbonyl (C=O) groups excluding carboxylic acids is 1. The molecule has 5 nitrogen and oxygen atoms in total. The van der Waals surface area contributed by atoms with Crippen molar-refractivity contribution in [3.63, 3.8) is 0 Å². The van der Waals surface area contributed by atoms with Gasteiger partial charge in [0, 0.05) is 12.0 Å². The first kappa shape index (κ1) is 17.1. The summed E-state index contributed by atoms with van der Waals surface area (Å²) in [5, 5.41) is 19.8. The Morgan fingerprint density at radius 3 is 2.44 bits per heavy atom. The van der Waals surface area contributed by atoms with Gasteiger partial charge in [-0.2, -0.15) is 0 Å². The molecule has 0 bridgehead atoms. The SMILES string of the molecule is CC(=O)Cc1ccc2nn(-c3cc(C)cc(C(C)(C)C)c3O)nc2c1. The van der Waals surface area contributed by atoms with E-state index in [1.54, 1.807) is 6.92 Å². The van der Waals surface area contributed by atoms with Crippen LogP contribution in [0.5, 0.6) is 5.75 Å². The summed E-state index contributed by atoms with van der Waals surface area (Å²) in [4.78, 5) is 12.8. The molecule has 25 heavy (non-hydrogen) atoms. The summed E-state index contributed by atoms with van der Waals surface area (Å²) >= 11 is 0. The van der Waals surface area contributed by atoms with Gasteiger partial charge in [0.2, 0.25) is 0 Å². The van der Waals surface area contributed by atoms with Crippen LogP contribution in [0.2, 0.25) is 0 Å². The normalized spacial score (nSPS) is 11.9. The van der Waals surface area contributed by atoms with Crippen molar-refractivity contribution in [2.45, 2.75) is 46.5 Å². The molecule has 0 saturated carbocycles. The number of aromatic hydroxyl groups is 1. The minimum absolute atomic E-state index is 0.109. The van der Waals surface area contributed by atoms with Gasteiger partial charge in [-0.3, -0.25) is 4.79 Å². The lowest BCUT2D eigenvalue weighted by Gasteiger charge is -2.22. The second-order valence-corrected chi connectivity index (χ2v) is 7.62. The highest BCUT2D eigenvalue weighted by molar-refractivity contribution is 5.81. The third-order valence-corrected chi connectivity index (χ3v) is 4.16. The van der Waals surface area contributed by atoms with Gasteiger partial charge in [0.1, 0.15) is 28.3 Å². The molecular formula is C20H23N3O2. The summed E-state index contributed by atoms with van der Waals surface area (Å²) in [6, 6.07) is 9.48. The Kier molecular flexibility index (Phi) is 4.11. The molecule has 1 heterocycles. The maximum absolute atomic E-state index is 11.3. The van der Waals surface area contributed by atoms with Crippen LogP contribution >= 0.6 is 0 Å². The Bertz CT molecular complexity index is 965. The van der Waals surface area contributed by atoms with Crippen molar-refractivity contribution in [1.82, 2.24) is 15.0 Å². The Balaban J connectivity index is 2.13. The first-order valence-corrected chi connectivity index (χ1v) is 8.35. The Morgan fingerprint density at radius 1 is 1.12 bits per heavy atom. The van der Waals surface area contributed by atoms with E-state index in [1.165, 1.54) is 4.80 Å². The van der Waals surface area contributed by atoms with Gasteiger partial charge in [-0.25, -0.2) is 0 Å². The van der Waals surface area contributed by atoms with Gasteiger partial charge in [-0.1, -0.05) is 32.9 Å². The summed E-state index contributed by atoms with van der Waals surface area (Å²) in [5.74, 6) is 0.306. The minimum Gasteiger partial charge on any atom is -0.505 e. The molecule has 130 valence electrons. The molecular weight excluding hydrogens is 314 g/mol. The smallest absolute Gasteiger partial charge is 0.146 e. The molecule has 0 saturated heterocycles. The lowest BCUT2D eigenvalue weighted by atomic mass is 9.85. The van der Waals surface area contributed by atoms with Gasteiger partial charge in [0.25, 0.3) is 0 Å². The lowest BCUT2D eigenvalue weighted by molar-refractivity contribution is -0.116. The molecule has 0 amide bonds. The maximum Gasteiger partial charge on any atom is 0.146 e. The standard InChI is InChI=1S/C20H23N3O2/c1-12-8-15(20(3,4)5)19(25)18(9-12)23-21-16-7-6-14(10-13(2)24)11-17(16)22-23/h6-9,11,25H,10H2,1-5H3. The Labute approximate surface area is 147 Å². The van der Waals surface area contributed by atoms with Crippen LogP contribution in [-0.2, 0) is 16.6 Å². The van der Waals surface area contributed by atoms with E-state index in [9.17, 15) is 9.90 Å². The largest absolute Gasteiger partial charge is 0.505 e. The zero-order valence-electron chi connectivity index (χ0n) is 15.3. The maximum atomic E-state index is 11.3. The van der Waals surface area contributed by atoms with E-state index in [2.05, 4.69) is 31.0 Å². The average Bonchev–Trinajstić information content (AvgIpc) is 2.90. The fraction of sp³-hybridized carbons (Fsp3) is 0.350. The second-order valence-electron chi connectivity index (χ2n) is 7.62. The number of carbonyl (C=O) groups is 1. The molecule has 1 N–H and O–H groups in total. The molecule has 3 aromatic rings. The van der Waals surface area contributed by atoms with Gasteiger partial charge in [0.15, 0.2) is 0 Å². The quantitative estimate of drug-likeness (QED) is 0.788. The van der Waals surface area contributed by atoms with Crippen molar-refractivity contribution < 1.29 is 9.90 Å². The lowest BCUT2D eigenvalue weighted by Crippen LogP contribution is -2.13. The van der Waals surface area contributed by atoms with Crippen molar-refractivity contribution in [2.75, 3.05) is 0 Å². The molecule has 3 rings (SSSR count). The molecule has 2 aromatic carbocycles. The molecule has 0 aliphatic heterocycles. The Morgan fingerprint density at radius 2 is 1.80 bits per heavy atom. The number of fused-ring (bicyclic) bond motifs is 1. The van der Waals surface area contributed by atoms with E-state index in [4.69, 9.17) is 0 Å². The van der Waals surface area contributed by atoms with Crippen molar-refractivity contribution in [3.05, 3.63) is 47.0 Å². The van der Waals surface area contributed by atoms with E-state index in [1.807, 2.05) is 37.3 Å². The van der Waals surface area contributed by atoms with E-state index >= 15 is 0 Å². The number of aryl methyl sites for hydroxylation is 1. The average molecular weight is 337 g/mol. The number of hydrogen-bond acceptors (Lipinski definition) is 4. The number of phenolic OH excluding ortho intramolecular Hbond substituents is 1. The third kappa shape index (κ3) is 3.40. The van der Waals surface area contributed by atoms with Gasteiger partial charge >= 0.3 is 0 Å². The van der Waals surface area contributed by atoms with Gasteiger partial charge in [0.05, 0.1) is 0 Å². The first-order valence-electron chi connectivity index (χ1n) is 8.35. The summed E-state index contributed by atoms with van der Waals surface area (Å²) < 4.78 is 0. The number of nitrogens with zero attached hydrogens (tertiary/aromatic N) is 3. The summed E-state index contributed by atoms with van der Waals surface area (Å²) in [6.07, 6.45) is 0.382. The van der Waals surface area contributed by atoms with Crippen LogP contribution in [0.1, 0.15) is 44.4 Å². The molecule has 0 aliphatic carbocycles. The number of Topliss-reactive ketones (excluding diaryl/α,β-unsaturated/α-hetero) is 1. The highest BCUT2D eigenvalue weighted by atomic mass is 16.3. The van der Waals surface area contributed by atoms with Crippen LogP contribution in [-0.4, -0.2) is 25.9 Å². The number of hydrogen-bond donors (Lipinski definition) is 1. The molecule has 0 atom stereocenters. The summed E-state index contributed by atoms with van der Waals surface area (Å²) in [6.45, 7) is 9.75. The van der Waals surface area contributed by atoms with E-state index < -0.39 is 0 Å². The number of rotatable bonds is 3. The molecule has 0 spiro atoms. The topological polar surface area (TPSA) is 68.0 Å². The predicted octanol–water partition coefficient (Wildman–Crippen LogP) is 3.86. The zero-order chi connectivity index (χ0) is 18.4. The number of ketones is 1. The Hall–Kier alpha value is -2.69.